The highest BCUT2D eigenvalue weighted by atomic mass is 19.1. The second kappa shape index (κ2) is 9.09. The van der Waals surface area contributed by atoms with Crippen molar-refractivity contribution in [3.63, 3.8) is 0 Å². The van der Waals surface area contributed by atoms with Crippen LogP contribution in [0.1, 0.15) is 51.7 Å². The normalized spacial score (nSPS) is 18.7. The van der Waals surface area contributed by atoms with Gasteiger partial charge in [-0.25, -0.2) is 8.78 Å². The molecule has 0 amide bonds. The smallest absolute Gasteiger partial charge is 0.133 e. The van der Waals surface area contributed by atoms with Crippen LogP contribution >= 0.6 is 0 Å². The average molecular weight is 431 g/mol. The molecule has 1 aromatic carbocycles. The number of likely N-dealkylation sites (N-methyl/N-ethyl adjacent to an activating group) is 1. The molecule has 0 unspecified atom stereocenters. The molecule has 6 nitrogen and oxygen atoms in total. The highest BCUT2D eigenvalue weighted by Crippen LogP contribution is 2.31. The minimum absolute atomic E-state index is 0.0428. The van der Waals surface area contributed by atoms with Gasteiger partial charge in [-0.15, -0.1) is 0 Å². The number of halogens is 2. The number of hydrogen-bond acceptors (Lipinski definition) is 5. The largest absolute Gasteiger partial charge is 0.404 e. The van der Waals surface area contributed by atoms with Gasteiger partial charge in [-0.1, -0.05) is 0 Å². The first-order chi connectivity index (χ1) is 14.3. The van der Waals surface area contributed by atoms with Gasteiger partial charge in [0.1, 0.15) is 17.5 Å². The lowest BCUT2D eigenvalue weighted by molar-refractivity contribution is 0.114. The third-order valence-electron chi connectivity index (χ3n) is 5.50. The first kappa shape index (κ1) is 24.4. The van der Waals surface area contributed by atoms with Crippen molar-refractivity contribution < 1.29 is 8.78 Å². The lowest BCUT2D eigenvalue weighted by Gasteiger charge is -2.49. The number of amidine groups is 1. The van der Waals surface area contributed by atoms with Crippen LogP contribution in [0.2, 0.25) is 0 Å². The van der Waals surface area contributed by atoms with E-state index in [1.54, 1.807) is 0 Å². The van der Waals surface area contributed by atoms with Crippen LogP contribution in [-0.4, -0.2) is 46.8 Å². The van der Waals surface area contributed by atoms with Crippen LogP contribution in [0, 0.1) is 27.9 Å². The van der Waals surface area contributed by atoms with Gasteiger partial charge in [-0.3, -0.25) is 5.41 Å². The van der Waals surface area contributed by atoms with Crippen LogP contribution in [0.4, 0.5) is 8.78 Å². The Morgan fingerprint density at radius 2 is 1.58 bits per heavy atom. The van der Waals surface area contributed by atoms with E-state index >= 15 is 0 Å². The van der Waals surface area contributed by atoms with Gasteiger partial charge >= 0.3 is 0 Å². The lowest BCUT2D eigenvalue weighted by atomic mass is 9.79. The molecular weight excluding hydrogens is 398 g/mol. The highest BCUT2D eigenvalue weighted by molar-refractivity contribution is 6.11. The van der Waals surface area contributed by atoms with Gasteiger partial charge in [0.2, 0.25) is 0 Å². The number of nitrogens with zero attached hydrogens (tertiary/aromatic N) is 1. The number of allylic oxidation sites excluding steroid dienone is 2. The third-order valence-corrected chi connectivity index (χ3v) is 5.50. The van der Waals surface area contributed by atoms with Crippen molar-refractivity contribution in [3.05, 3.63) is 53.2 Å². The summed E-state index contributed by atoms with van der Waals surface area (Å²) in [7, 11) is 1.84. The molecule has 1 heterocycles. The molecule has 0 aliphatic carbocycles. The Morgan fingerprint density at radius 3 is 2.10 bits per heavy atom. The molecule has 0 bridgehead atoms. The van der Waals surface area contributed by atoms with Crippen molar-refractivity contribution in [1.82, 2.24) is 10.2 Å². The van der Waals surface area contributed by atoms with Crippen molar-refractivity contribution in [2.75, 3.05) is 7.05 Å². The third kappa shape index (κ3) is 5.85. The van der Waals surface area contributed by atoms with Crippen molar-refractivity contribution in [3.8, 4) is 0 Å². The molecule has 1 aliphatic rings. The molecule has 168 valence electrons. The van der Waals surface area contributed by atoms with Gasteiger partial charge in [-0.2, -0.15) is 0 Å². The zero-order chi connectivity index (χ0) is 23.6. The number of nitrogens with two attached hydrogens (primary N) is 1. The van der Waals surface area contributed by atoms with Gasteiger partial charge < -0.3 is 26.8 Å². The highest BCUT2D eigenvalue weighted by Gasteiger charge is 2.39. The summed E-state index contributed by atoms with van der Waals surface area (Å²) in [5.41, 5.74) is 4.63. The topological polar surface area (TPSA) is 113 Å². The molecule has 2 rings (SSSR count). The van der Waals surface area contributed by atoms with Crippen LogP contribution in [0.3, 0.4) is 0 Å². The molecule has 31 heavy (non-hydrogen) atoms. The van der Waals surface area contributed by atoms with E-state index in [9.17, 15) is 8.78 Å². The van der Waals surface area contributed by atoms with Crippen LogP contribution in [0.25, 0.3) is 5.57 Å². The summed E-state index contributed by atoms with van der Waals surface area (Å²) >= 11 is 0. The molecular formula is C23H32F2N6. The van der Waals surface area contributed by atoms with Crippen molar-refractivity contribution in [2.24, 2.45) is 5.73 Å². The van der Waals surface area contributed by atoms with Crippen LogP contribution in [0.5, 0.6) is 0 Å². The average Bonchev–Trinajstić information content (AvgIpc) is 2.66. The van der Waals surface area contributed by atoms with Crippen molar-refractivity contribution in [2.45, 2.75) is 57.7 Å². The second-order valence-electron chi connectivity index (χ2n) is 9.28. The minimum Gasteiger partial charge on any atom is -0.404 e. The standard InChI is InChI=1S/C23H32F2N6/c1-22(2)10-15(11-23(3,4)30-22)31(5)21(29)7-6-20(28)17-9-18(24)16(8-19(17)25)14(12-26)13-27/h6-9,12-13,15,26,28-30H,10-11,27H2,1-5H3/b7-6-,14-13+,26-12?,28-20?,29-21?. The lowest BCUT2D eigenvalue weighted by Crippen LogP contribution is -2.62. The van der Waals surface area contributed by atoms with E-state index in [-0.39, 0.29) is 45.4 Å². The van der Waals surface area contributed by atoms with Gasteiger partial charge in [0.15, 0.2) is 0 Å². The van der Waals surface area contributed by atoms with Gasteiger partial charge in [0, 0.05) is 53.3 Å². The molecule has 8 heteroatoms. The van der Waals surface area contributed by atoms with Crippen LogP contribution < -0.4 is 11.1 Å². The Kier molecular flexibility index (Phi) is 7.16. The van der Waals surface area contributed by atoms with E-state index in [2.05, 4.69) is 33.0 Å². The van der Waals surface area contributed by atoms with E-state index in [4.69, 9.17) is 22.0 Å². The number of hydrogen-bond donors (Lipinski definition) is 5. The predicted octanol–water partition coefficient (Wildman–Crippen LogP) is 4.06. The SMILES string of the molecule is CN(C(=N)/C=C\C(=N)c1cc(F)c(/C(C=N)=C/N)cc1F)C1CC(C)(C)NC(C)(C)C1. The van der Waals surface area contributed by atoms with Gasteiger partial charge in [0.05, 0.1) is 5.71 Å². The Hall–Kier alpha value is -2.87. The quantitative estimate of drug-likeness (QED) is 0.346. The maximum atomic E-state index is 14.5. The second-order valence-corrected chi connectivity index (χ2v) is 9.28. The molecule has 6 N–H and O–H groups in total. The number of benzene rings is 1. The molecule has 1 aliphatic heterocycles. The number of rotatable bonds is 6. The molecule has 1 saturated heterocycles. The maximum Gasteiger partial charge on any atom is 0.133 e. The summed E-state index contributed by atoms with van der Waals surface area (Å²) in [6, 6.07) is 1.97. The van der Waals surface area contributed by atoms with Crippen molar-refractivity contribution in [1.29, 1.82) is 16.2 Å². The summed E-state index contributed by atoms with van der Waals surface area (Å²) in [6.07, 6.45) is 6.29. The van der Waals surface area contributed by atoms with Gasteiger partial charge in [-0.05, 0) is 64.8 Å². The Bertz CT molecular complexity index is 930. The van der Waals surface area contributed by atoms with E-state index in [1.807, 2.05) is 11.9 Å². The van der Waals surface area contributed by atoms with Gasteiger partial charge in [0.25, 0.3) is 0 Å². The monoisotopic (exact) mass is 430 g/mol. The van der Waals surface area contributed by atoms with E-state index in [0.717, 1.165) is 37.4 Å². The van der Waals surface area contributed by atoms with Crippen molar-refractivity contribution >= 4 is 23.3 Å². The number of piperidine rings is 1. The van der Waals surface area contributed by atoms with Crippen LogP contribution in [-0.2, 0) is 0 Å². The fourth-order valence-electron chi connectivity index (χ4n) is 4.30. The first-order valence-corrected chi connectivity index (χ1v) is 10.1. The molecule has 0 spiro atoms. The zero-order valence-electron chi connectivity index (χ0n) is 18.7. The van der Waals surface area contributed by atoms with E-state index in [1.165, 1.54) is 12.2 Å². The zero-order valence-corrected chi connectivity index (χ0v) is 18.7. The fraction of sp³-hybridized carbons (Fsp3) is 0.435. The Balaban J connectivity index is 2.18. The Labute approximate surface area is 182 Å². The molecule has 1 fully saturated rings. The molecule has 1 aromatic rings. The number of nitrogens with one attached hydrogen (secondary N) is 4. The van der Waals surface area contributed by atoms with E-state index in [0.29, 0.717) is 0 Å². The fourth-order valence-corrected chi connectivity index (χ4v) is 4.30. The molecule has 0 aromatic heterocycles. The summed E-state index contributed by atoms with van der Waals surface area (Å²) in [5.74, 6) is -1.38. The summed E-state index contributed by atoms with van der Waals surface area (Å²) in [4.78, 5) is 1.86. The summed E-state index contributed by atoms with van der Waals surface area (Å²) in [6.45, 7) is 8.53. The predicted molar refractivity (Wildman–Crippen MR) is 123 cm³/mol. The first-order valence-electron chi connectivity index (χ1n) is 10.1. The summed E-state index contributed by atoms with van der Waals surface area (Å²) < 4.78 is 28.9. The Morgan fingerprint density at radius 1 is 1.06 bits per heavy atom. The molecule has 0 saturated carbocycles. The summed E-state index contributed by atoms with van der Waals surface area (Å²) in [5, 5.41) is 27.4. The minimum atomic E-state index is -0.797. The molecule has 0 atom stereocenters. The van der Waals surface area contributed by atoms with Crippen LogP contribution in [0.15, 0.2) is 30.5 Å². The molecule has 0 radical (unpaired) electrons. The maximum absolute atomic E-state index is 14.5. The van der Waals surface area contributed by atoms with E-state index < -0.39 is 11.6 Å².